The SMILES string of the molecule is Cc1cc(C)c(C)c(OCc2nc(N(C)C)no2)c1. The number of ether oxygens (including phenoxy) is 1. The van der Waals surface area contributed by atoms with Crippen LogP contribution in [0, 0.1) is 20.8 Å². The van der Waals surface area contributed by atoms with Gasteiger partial charge in [-0.05, 0) is 48.7 Å². The van der Waals surface area contributed by atoms with Gasteiger partial charge in [0.05, 0.1) is 0 Å². The molecule has 0 aliphatic carbocycles. The van der Waals surface area contributed by atoms with E-state index in [1.54, 1.807) is 4.90 Å². The lowest BCUT2D eigenvalue weighted by molar-refractivity contribution is 0.241. The zero-order valence-corrected chi connectivity index (χ0v) is 12.0. The van der Waals surface area contributed by atoms with Crippen molar-refractivity contribution in [1.82, 2.24) is 10.1 Å². The summed E-state index contributed by atoms with van der Waals surface area (Å²) in [7, 11) is 3.73. The molecular formula is C14H19N3O2. The summed E-state index contributed by atoms with van der Waals surface area (Å²) in [5.74, 6) is 1.89. The van der Waals surface area contributed by atoms with Gasteiger partial charge in [-0.1, -0.05) is 6.07 Å². The van der Waals surface area contributed by atoms with Crippen molar-refractivity contribution in [2.24, 2.45) is 0 Å². The van der Waals surface area contributed by atoms with Gasteiger partial charge in [0.15, 0.2) is 6.61 Å². The van der Waals surface area contributed by atoms with Crippen LogP contribution in [0.3, 0.4) is 0 Å². The maximum Gasteiger partial charge on any atom is 0.266 e. The van der Waals surface area contributed by atoms with Gasteiger partial charge < -0.3 is 14.2 Å². The number of benzene rings is 1. The van der Waals surface area contributed by atoms with Crippen molar-refractivity contribution >= 4 is 5.95 Å². The van der Waals surface area contributed by atoms with Gasteiger partial charge in [0.1, 0.15) is 5.75 Å². The van der Waals surface area contributed by atoms with E-state index in [1.165, 1.54) is 11.1 Å². The topological polar surface area (TPSA) is 51.4 Å². The minimum absolute atomic E-state index is 0.282. The first-order chi connectivity index (χ1) is 8.97. The van der Waals surface area contributed by atoms with Crippen molar-refractivity contribution in [3.05, 3.63) is 34.7 Å². The van der Waals surface area contributed by atoms with Gasteiger partial charge >= 0.3 is 0 Å². The molecule has 1 aromatic carbocycles. The maximum absolute atomic E-state index is 5.76. The maximum atomic E-state index is 5.76. The Kier molecular flexibility index (Phi) is 3.74. The van der Waals surface area contributed by atoms with Crippen molar-refractivity contribution in [2.75, 3.05) is 19.0 Å². The van der Waals surface area contributed by atoms with Crippen molar-refractivity contribution < 1.29 is 9.26 Å². The largest absolute Gasteiger partial charge is 0.483 e. The lowest BCUT2D eigenvalue weighted by Gasteiger charge is -2.10. The van der Waals surface area contributed by atoms with Gasteiger partial charge in [-0.25, -0.2) is 0 Å². The number of hydrogen-bond donors (Lipinski definition) is 0. The van der Waals surface area contributed by atoms with Gasteiger partial charge in [-0.15, -0.1) is 0 Å². The third-order valence-electron chi connectivity index (χ3n) is 2.97. The zero-order chi connectivity index (χ0) is 14.0. The van der Waals surface area contributed by atoms with E-state index in [2.05, 4.69) is 30.1 Å². The molecular weight excluding hydrogens is 242 g/mol. The molecule has 1 heterocycles. The molecule has 0 amide bonds. The zero-order valence-electron chi connectivity index (χ0n) is 12.0. The summed E-state index contributed by atoms with van der Waals surface area (Å²) in [6.07, 6.45) is 0. The van der Waals surface area contributed by atoms with Gasteiger partial charge in [0.2, 0.25) is 0 Å². The fraction of sp³-hybridized carbons (Fsp3) is 0.429. The van der Waals surface area contributed by atoms with Crippen molar-refractivity contribution in [1.29, 1.82) is 0 Å². The Bertz CT molecular complexity index is 576. The predicted octanol–water partition coefficient (Wildman–Crippen LogP) is 2.64. The molecule has 5 nitrogen and oxygen atoms in total. The molecule has 0 saturated carbocycles. The second kappa shape index (κ2) is 5.30. The van der Waals surface area contributed by atoms with Gasteiger partial charge in [0, 0.05) is 14.1 Å². The lowest BCUT2D eigenvalue weighted by Crippen LogP contribution is -2.10. The molecule has 0 bridgehead atoms. The van der Waals surface area contributed by atoms with E-state index >= 15 is 0 Å². The Labute approximate surface area is 113 Å². The third-order valence-corrected chi connectivity index (χ3v) is 2.97. The standard InChI is InChI=1S/C14H19N3O2/c1-9-6-10(2)11(3)12(7-9)18-8-13-15-14(16-19-13)17(4)5/h6-7H,8H2,1-5H3. The molecule has 0 atom stereocenters. The minimum Gasteiger partial charge on any atom is -0.483 e. The molecule has 5 heteroatoms. The van der Waals surface area contributed by atoms with E-state index in [9.17, 15) is 0 Å². The van der Waals surface area contributed by atoms with E-state index in [0.717, 1.165) is 11.3 Å². The molecule has 0 aliphatic heterocycles. The van der Waals surface area contributed by atoms with Crippen LogP contribution in [0.5, 0.6) is 5.75 Å². The molecule has 2 aromatic rings. The summed E-state index contributed by atoms with van der Waals surface area (Å²) in [4.78, 5) is 6.01. The molecule has 0 spiro atoms. The number of hydrogen-bond acceptors (Lipinski definition) is 5. The van der Waals surface area contributed by atoms with E-state index in [-0.39, 0.29) is 6.61 Å². The van der Waals surface area contributed by atoms with E-state index < -0.39 is 0 Å². The molecule has 0 aliphatic rings. The van der Waals surface area contributed by atoms with Crippen LogP contribution in [0.2, 0.25) is 0 Å². The van der Waals surface area contributed by atoms with Crippen molar-refractivity contribution in [2.45, 2.75) is 27.4 Å². The Morgan fingerprint density at radius 2 is 1.95 bits per heavy atom. The normalized spacial score (nSPS) is 10.6. The predicted molar refractivity (Wildman–Crippen MR) is 73.6 cm³/mol. The molecule has 0 N–H and O–H groups in total. The van der Waals surface area contributed by atoms with Gasteiger partial charge in [-0.2, -0.15) is 4.98 Å². The summed E-state index contributed by atoms with van der Waals surface area (Å²) in [5, 5.41) is 3.85. The highest BCUT2D eigenvalue weighted by molar-refractivity contribution is 5.41. The number of rotatable bonds is 4. The average Bonchev–Trinajstić information content (AvgIpc) is 2.81. The van der Waals surface area contributed by atoms with Crippen LogP contribution in [-0.4, -0.2) is 24.2 Å². The minimum atomic E-state index is 0.282. The fourth-order valence-electron chi connectivity index (χ4n) is 1.78. The molecule has 102 valence electrons. The van der Waals surface area contributed by atoms with E-state index in [1.807, 2.05) is 27.1 Å². The van der Waals surface area contributed by atoms with Crippen LogP contribution in [0.4, 0.5) is 5.95 Å². The smallest absolute Gasteiger partial charge is 0.266 e. The van der Waals surface area contributed by atoms with Crippen LogP contribution < -0.4 is 9.64 Å². The van der Waals surface area contributed by atoms with Crippen LogP contribution in [0.15, 0.2) is 16.7 Å². The summed E-state index contributed by atoms with van der Waals surface area (Å²) < 4.78 is 10.9. The summed E-state index contributed by atoms with van der Waals surface area (Å²) in [6, 6.07) is 4.16. The number of aryl methyl sites for hydroxylation is 2. The molecule has 0 saturated heterocycles. The first kappa shape index (κ1) is 13.4. The van der Waals surface area contributed by atoms with Crippen molar-refractivity contribution in [3.8, 4) is 5.75 Å². The van der Waals surface area contributed by atoms with Gasteiger partial charge in [-0.3, -0.25) is 0 Å². The summed E-state index contributed by atoms with van der Waals surface area (Å²) in [6.45, 7) is 6.45. The highest BCUT2D eigenvalue weighted by Gasteiger charge is 2.10. The van der Waals surface area contributed by atoms with Crippen molar-refractivity contribution in [3.63, 3.8) is 0 Å². The second-order valence-corrected chi connectivity index (χ2v) is 4.88. The molecule has 0 unspecified atom stereocenters. The van der Waals surface area contributed by atoms with E-state index in [4.69, 9.17) is 9.26 Å². The molecule has 2 rings (SSSR count). The first-order valence-corrected chi connectivity index (χ1v) is 6.18. The Morgan fingerprint density at radius 3 is 2.58 bits per heavy atom. The molecule has 0 fully saturated rings. The fourth-order valence-corrected chi connectivity index (χ4v) is 1.78. The van der Waals surface area contributed by atoms with Crippen LogP contribution in [-0.2, 0) is 6.61 Å². The number of nitrogens with zero attached hydrogens (tertiary/aromatic N) is 3. The Hall–Kier alpha value is -2.04. The molecule has 19 heavy (non-hydrogen) atoms. The third kappa shape index (κ3) is 3.05. The Balaban J connectivity index is 2.10. The second-order valence-electron chi connectivity index (χ2n) is 4.88. The highest BCUT2D eigenvalue weighted by atomic mass is 16.5. The molecule has 1 aromatic heterocycles. The lowest BCUT2D eigenvalue weighted by atomic mass is 10.1. The van der Waals surface area contributed by atoms with Crippen LogP contribution in [0.25, 0.3) is 0 Å². The molecule has 0 radical (unpaired) electrons. The number of anilines is 1. The summed E-state index contributed by atoms with van der Waals surface area (Å²) >= 11 is 0. The monoisotopic (exact) mass is 261 g/mol. The van der Waals surface area contributed by atoms with E-state index in [0.29, 0.717) is 11.8 Å². The average molecular weight is 261 g/mol. The van der Waals surface area contributed by atoms with Crippen LogP contribution in [0.1, 0.15) is 22.6 Å². The highest BCUT2D eigenvalue weighted by Crippen LogP contribution is 2.24. The summed E-state index contributed by atoms with van der Waals surface area (Å²) in [5.41, 5.74) is 3.53. The van der Waals surface area contributed by atoms with Gasteiger partial charge in [0.25, 0.3) is 11.8 Å². The Morgan fingerprint density at radius 1 is 1.21 bits per heavy atom. The first-order valence-electron chi connectivity index (χ1n) is 6.18. The van der Waals surface area contributed by atoms with Crippen LogP contribution >= 0.6 is 0 Å². The number of aromatic nitrogens is 2. The quantitative estimate of drug-likeness (QED) is 0.846.